The number of hydrogen-bond donors (Lipinski definition) is 2. The van der Waals surface area contributed by atoms with E-state index in [0.717, 1.165) is 16.8 Å². The number of phenols is 1. The molecule has 0 aromatic heterocycles. The molecule has 2 rings (SSSR count). The van der Waals surface area contributed by atoms with Gasteiger partial charge in [0.15, 0.2) is 5.78 Å². The monoisotopic (exact) mass is 311 g/mol. The van der Waals surface area contributed by atoms with E-state index >= 15 is 0 Å². The van der Waals surface area contributed by atoms with Crippen LogP contribution < -0.4 is 5.32 Å². The van der Waals surface area contributed by atoms with Gasteiger partial charge in [-0.2, -0.15) is 0 Å². The summed E-state index contributed by atoms with van der Waals surface area (Å²) in [5, 5.41) is 13.5. The summed E-state index contributed by atoms with van der Waals surface area (Å²) in [4.78, 5) is 12.8. The Bertz CT molecular complexity index is 671. The molecule has 23 heavy (non-hydrogen) atoms. The summed E-state index contributed by atoms with van der Waals surface area (Å²) in [5.74, 6) is 0.618. The van der Waals surface area contributed by atoms with Crippen LogP contribution in [0.5, 0.6) is 5.75 Å². The number of rotatable bonds is 5. The summed E-state index contributed by atoms with van der Waals surface area (Å²) < 4.78 is 0. The lowest BCUT2D eigenvalue weighted by atomic mass is 9.89. The highest BCUT2D eigenvalue weighted by Crippen LogP contribution is 2.35. The van der Waals surface area contributed by atoms with E-state index in [2.05, 4.69) is 5.32 Å². The number of carbonyl (C=O) groups is 1. The summed E-state index contributed by atoms with van der Waals surface area (Å²) in [6.45, 7) is 8.09. The van der Waals surface area contributed by atoms with Gasteiger partial charge in [-0.15, -0.1) is 0 Å². The van der Waals surface area contributed by atoms with Gasteiger partial charge in [-0.25, -0.2) is 0 Å². The van der Waals surface area contributed by atoms with Crippen LogP contribution in [0.15, 0.2) is 36.4 Å². The molecule has 0 aliphatic rings. The molecule has 2 aromatic carbocycles. The molecule has 2 N–H and O–H groups in total. The zero-order valence-corrected chi connectivity index (χ0v) is 14.5. The van der Waals surface area contributed by atoms with Crippen molar-refractivity contribution in [1.29, 1.82) is 0 Å². The maximum absolute atomic E-state index is 12.8. The highest BCUT2D eigenvalue weighted by atomic mass is 16.3. The normalized spacial score (nSPS) is 11.1. The summed E-state index contributed by atoms with van der Waals surface area (Å²) in [6.07, 6.45) is 0. The Labute approximate surface area is 138 Å². The minimum Gasteiger partial charge on any atom is -0.507 e. The number of carbonyl (C=O) groups excluding carboxylic acids is 1. The van der Waals surface area contributed by atoms with E-state index in [0.29, 0.717) is 16.9 Å². The van der Waals surface area contributed by atoms with Crippen molar-refractivity contribution in [3.8, 4) is 5.75 Å². The Balaban J connectivity index is 2.50. The molecule has 0 radical (unpaired) electrons. The molecule has 0 saturated carbocycles. The first-order valence-corrected chi connectivity index (χ1v) is 8.04. The number of benzene rings is 2. The van der Waals surface area contributed by atoms with Gasteiger partial charge in [-0.1, -0.05) is 27.7 Å². The first-order valence-electron chi connectivity index (χ1n) is 8.04. The summed E-state index contributed by atoms with van der Waals surface area (Å²) in [5.41, 5.74) is 3.90. The van der Waals surface area contributed by atoms with Crippen LogP contribution in [0.4, 0.5) is 5.69 Å². The zero-order valence-electron chi connectivity index (χ0n) is 14.5. The smallest absolute Gasteiger partial charge is 0.193 e. The molecule has 0 amide bonds. The van der Waals surface area contributed by atoms with Gasteiger partial charge in [-0.3, -0.25) is 4.79 Å². The minimum atomic E-state index is -0.0172. The Kier molecular flexibility index (Phi) is 5.09. The first kappa shape index (κ1) is 17.1. The topological polar surface area (TPSA) is 49.3 Å². The van der Waals surface area contributed by atoms with Crippen LogP contribution in [0, 0.1) is 0 Å². The third-order valence-corrected chi connectivity index (χ3v) is 4.11. The average molecular weight is 311 g/mol. The van der Waals surface area contributed by atoms with Gasteiger partial charge in [0.2, 0.25) is 0 Å². The Morgan fingerprint density at radius 2 is 1.39 bits per heavy atom. The molecular weight excluding hydrogens is 286 g/mol. The highest BCUT2D eigenvalue weighted by molar-refractivity contribution is 6.09. The second-order valence-electron chi connectivity index (χ2n) is 6.47. The standard InChI is InChI=1S/C20H25NO2/c1-12(2)17-10-15(11-18(13(3)4)20(17)23)19(22)14-6-8-16(21-5)9-7-14/h6-13,21,23H,1-5H3. The summed E-state index contributed by atoms with van der Waals surface area (Å²) in [6, 6.07) is 11.1. The van der Waals surface area contributed by atoms with Crippen molar-refractivity contribution in [2.45, 2.75) is 39.5 Å². The maximum Gasteiger partial charge on any atom is 0.193 e. The lowest BCUT2D eigenvalue weighted by Gasteiger charge is -2.17. The average Bonchev–Trinajstić information content (AvgIpc) is 2.54. The molecule has 0 saturated heterocycles. The predicted molar refractivity (Wildman–Crippen MR) is 95.7 cm³/mol. The van der Waals surface area contributed by atoms with Crippen molar-refractivity contribution in [2.75, 3.05) is 12.4 Å². The van der Waals surface area contributed by atoms with Crippen molar-refractivity contribution >= 4 is 11.5 Å². The molecule has 0 aliphatic carbocycles. The van der Waals surface area contributed by atoms with Gasteiger partial charge in [-0.05, 0) is 59.4 Å². The quantitative estimate of drug-likeness (QED) is 0.771. The van der Waals surface area contributed by atoms with Crippen molar-refractivity contribution in [1.82, 2.24) is 0 Å². The molecule has 0 fully saturated rings. The Hall–Kier alpha value is -2.29. The van der Waals surface area contributed by atoms with Gasteiger partial charge in [0.1, 0.15) is 5.75 Å². The zero-order chi connectivity index (χ0) is 17.1. The molecular formula is C20H25NO2. The fourth-order valence-corrected chi connectivity index (χ4v) is 2.65. The van der Waals surface area contributed by atoms with E-state index in [1.807, 2.05) is 71.1 Å². The predicted octanol–water partition coefficient (Wildman–Crippen LogP) is 4.91. The highest BCUT2D eigenvalue weighted by Gasteiger charge is 2.18. The van der Waals surface area contributed by atoms with Crippen molar-refractivity contribution in [2.24, 2.45) is 0 Å². The number of hydrogen-bond acceptors (Lipinski definition) is 3. The number of phenolic OH excluding ortho intramolecular Hbond substituents is 1. The van der Waals surface area contributed by atoms with Crippen molar-refractivity contribution in [3.05, 3.63) is 58.7 Å². The lowest BCUT2D eigenvalue weighted by Crippen LogP contribution is -2.06. The summed E-state index contributed by atoms with van der Waals surface area (Å²) >= 11 is 0. The second kappa shape index (κ2) is 6.86. The van der Waals surface area contributed by atoms with Crippen LogP contribution in [0.25, 0.3) is 0 Å². The van der Waals surface area contributed by atoms with Crippen LogP contribution >= 0.6 is 0 Å². The third kappa shape index (κ3) is 3.55. The van der Waals surface area contributed by atoms with Crippen LogP contribution in [0.1, 0.15) is 66.6 Å². The van der Waals surface area contributed by atoms with Gasteiger partial charge < -0.3 is 10.4 Å². The van der Waals surface area contributed by atoms with Gasteiger partial charge in [0.05, 0.1) is 0 Å². The van der Waals surface area contributed by atoms with Crippen molar-refractivity contribution in [3.63, 3.8) is 0 Å². The number of nitrogens with one attached hydrogen (secondary N) is 1. The second-order valence-corrected chi connectivity index (χ2v) is 6.47. The van der Waals surface area contributed by atoms with Gasteiger partial charge in [0, 0.05) is 23.9 Å². The largest absolute Gasteiger partial charge is 0.507 e. The van der Waals surface area contributed by atoms with E-state index < -0.39 is 0 Å². The van der Waals surface area contributed by atoms with E-state index in [9.17, 15) is 9.90 Å². The number of ketones is 1. The van der Waals surface area contributed by atoms with Crippen LogP contribution in [-0.4, -0.2) is 17.9 Å². The lowest BCUT2D eigenvalue weighted by molar-refractivity contribution is 0.103. The SMILES string of the molecule is CNc1ccc(C(=O)c2cc(C(C)C)c(O)c(C(C)C)c2)cc1. The van der Waals surface area contributed by atoms with Gasteiger partial charge in [0.25, 0.3) is 0 Å². The molecule has 0 aliphatic heterocycles. The Morgan fingerprint density at radius 1 is 0.913 bits per heavy atom. The fourth-order valence-electron chi connectivity index (χ4n) is 2.65. The summed E-state index contributed by atoms with van der Waals surface area (Å²) in [7, 11) is 1.85. The van der Waals surface area contributed by atoms with E-state index in [-0.39, 0.29) is 17.6 Å². The first-order chi connectivity index (χ1) is 10.8. The minimum absolute atomic E-state index is 0.0172. The van der Waals surface area contributed by atoms with E-state index in [1.54, 1.807) is 0 Å². The maximum atomic E-state index is 12.8. The molecule has 0 heterocycles. The molecule has 122 valence electrons. The molecule has 0 spiro atoms. The molecule has 3 heteroatoms. The van der Waals surface area contributed by atoms with Crippen LogP contribution in [-0.2, 0) is 0 Å². The van der Waals surface area contributed by atoms with Gasteiger partial charge >= 0.3 is 0 Å². The Morgan fingerprint density at radius 3 is 1.78 bits per heavy atom. The molecule has 3 nitrogen and oxygen atoms in total. The third-order valence-electron chi connectivity index (χ3n) is 4.11. The van der Waals surface area contributed by atoms with Crippen LogP contribution in [0.2, 0.25) is 0 Å². The molecule has 0 atom stereocenters. The van der Waals surface area contributed by atoms with E-state index in [1.165, 1.54) is 0 Å². The molecule has 0 unspecified atom stereocenters. The van der Waals surface area contributed by atoms with E-state index in [4.69, 9.17) is 0 Å². The number of anilines is 1. The number of aromatic hydroxyl groups is 1. The van der Waals surface area contributed by atoms with Crippen molar-refractivity contribution < 1.29 is 9.90 Å². The fraction of sp³-hybridized carbons (Fsp3) is 0.350. The molecule has 0 bridgehead atoms. The molecule has 2 aromatic rings. The van der Waals surface area contributed by atoms with Crippen LogP contribution in [0.3, 0.4) is 0 Å².